The van der Waals surface area contributed by atoms with E-state index in [9.17, 15) is 10.1 Å². The summed E-state index contributed by atoms with van der Waals surface area (Å²) >= 11 is 1.17. The van der Waals surface area contributed by atoms with Crippen LogP contribution in [0, 0.1) is 30.9 Å². The van der Waals surface area contributed by atoms with E-state index >= 15 is 0 Å². The minimum Gasteiger partial charge on any atom is -0.413 e. The Morgan fingerprint density at radius 1 is 0.958 bits per heavy atom. The quantitative estimate of drug-likeness (QED) is 0.344. The number of nitro groups is 1. The fraction of sp³-hybridized carbons (Fsp3) is 0.158. The van der Waals surface area contributed by atoms with Gasteiger partial charge in [0.15, 0.2) is 0 Å². The first-order valence-electron chi connectivity index (χ1n) is 7.55. The minimum absolute atomic E-state index is 0.0244. The number of hydrogen-bond donors (Lipinski definition) is 0. The van der Waals surface area contributed by atoms with Gasteiger partial charge in [-0.3, -0.25) is 10.1 Å². The summed E-state index contributed by atoms with van der Waals surface area (Å²) in [6.07, 6.45) is 0. The summed E-state index contributed by atoms with van der Waals surface area (Å²) in [5.74, 6) is 0.267. The molecule has 0 radical (unpaired) electrons. The zero-order chi connectivity index (χ0) is 17.3. The first-order valence-corrected chi connectivity index (χ1v) is 8.29. The molecule has 5 heteroatoms. The lowest BCUT2D eigenvalue weighted by Crippen LogP contribution is -1.95. The van der Waals surface area contributed by atoms with Crippen LogP contribution in [0.5, 0.6) is 5.75 Å². The molecule has 0 N–H and O–H groups in total. The average molecular weight is 339 g/mol. The van der Waals surface area contributed by atoms with Crippen LogP contribution in [-0.4, -0.2) is 4.92 Å². The maximum Gasteiger partial charge on any atom is 0.313 e. The summed E-state index contributed by atoms with van der Waals surface area (Å²) in [6.45, 7) is 6.07. The van der Waals surface area contributed by atoms with E-state index in [4.69, 9.17) is 4.18 Å². The summed E-state index contributed by atoms with van der Waals surface area (Å²) < 4.78 is 5.77. The highest BCUT2D eigenvalue weighted by Gasteiger charge is 2.18. The van der Waals surface area contributed by atoms with Crippen molar-refractivity contribution in [1.82, 2.24) is 0 Å². The highest BCUT2D eigenvalue weighted by Crippen LogP contribution is 2.37. The summed E-state index contributed by atoms with van der Waals surface area (Å²) in [5.41, 5.74) is 3.36. The van der Waals surface area contributed by atoms with Gasteiger partial charge in [-0.15, -0.1) is 0 Å². The van der Waals surface area contributed by atoms with Gasteiger partial charge in [0.2, 0.25) is 5.75 Å². The highest BCUT2D eigenvalue weighted by molar-refractivity contribution is 7.95. The van der Waals surface area contributed by atoms with E-state index in [2.05, 4.69) is 12.1 Å². The van der Waals surface area contributed by atoms with Crippen LogP contribution in [0.15, 0.2) is 53.4 Å². The number of nitro benzene ring substituents is 1. The summed E-state index contributed by atoms with van der Waals surface area (Å²) in [4.78, 5) is 12.0. The van der Waals surface area contributed by atoms with E-state index in [0.29, 0.717) is 0 Å². The maximum atomic E-state index is 11.4. The molecule has 3 aromatic rings. The second-order valence-corrected chi connectivity index (χ2v) is 6.56. The third kappa shape index (κ3) is 3.21. The van der Waals surface area contributed by atoms with Gasteiger partial charge in [-0.1, -0.05) is 42.0 Å². The van der Waals surface area contributed by atoms with Gasteiger partial charge >= 0.3 is 5.69 Å². The van der Waals surface area contributed by atoms with Crippen molar-refractivity contribution in [3.8, 4) is 5.75 Å². The zero-order valence-electron chi connectivity index (χ0n) is 13.7. The van der Waals surface area contributed by atoms with Gasteiger partial charge in [-0.05, 0) is 48.7 Å². The predicted octanol–water partition coefficient (Wildman–Crippen LogP) is 5.76. The van der Waals surface area contributed by atoms with Crippen LogP contribution < -0.4 is 4.18 Å². The van der Waals surface area contributed by atoms with Crippen LogP contribution in [0.2, 0.25) is 0 Å². The minimum atomic E-state index is -0.406. The lowest BCUT2D eigenvalue weighted by atomic mass is 10.1. The Kier molecular flexibility index (Phi) is 4.44. The van der Waals surface area contributed by atoms with Crippen LogP contribution in [0.3, 0.4) is 0 Å². The molecule has 0 unspecified atom stereocenters. The van der Waals surface area contributed by atoms with Crippen LogP contribution in [0.25, 0.3) is 10.8 Å². The fourth-order valence-corrected chi connectivity index (χ4v) is 3.49. The molecule has 0 heterocycles. The monoisotopic (exact) mass is 339 g/mol. The van der Waals surface area contributed by atoms with Gasteiger partial charge in [0.05, 0.1) is 21.9 Å². The van der Waals surface area contributed by atoms with Gasteiger partial charge < -0.3 is 4.18 Å². The number of rotatable bonds is 4. The maximum absolute atomic E-state index is 11.4. The van der Waals surface area contributed by atoms with Crippen LogP contribution in [0.1, 0.15) is 16.7 Å². The van der Waals surface area contributed by atoms with Crippen molar-refractivity contribution in [1.29, 1.82) is 0 Å². The van der Waals surface area contributed by atoms with Gasteiger partial charge in [0.1, 0.15) is 0 Å². The third-order valence-corrected chi connectivity index (χ3v) is 4.92. The SMILES string of the molecule is Cc1cc(C)c(SOc2cc3ccccc3cc2[N+](=O)[O-])c(C)c1. The van der Waals surface area contributed by atoms with Crippen molar-refractivity contribution in [2.45, 2.75) is 25.7 Å². The van der Waals surface area contributed by atoms with Crippen molar-refractivity contribution in [2.75, 3.05) is 0 Å². The number of nitrogens with zero attached hydrogens (tertiary/aromatic N) is 1. The number of benzene rings is 3. The fourth-order valence-electron chi connectivity index (χ4n) is 2.80. The summed E-state index contributed by atoms with van der Waals surface area (Å²) in [5, 5.41) is 13.1. The van der Waals surface area contributed by atoms with E-state index in [0.717, 1.165) is 26.8 Å². The lowest BCUT2D eigenvalue weighted by molar-refractivity contribution is -0.385. The van der Waals surface area contributed by atoms with Crippen molar-refractivity contribution in [2.24, 2.45) is 0 Å². The second kappa shape index (κ2) is 6.53. The Labute approximate surface area is 144 Å². The van der Waals surface area contributed by atoms with Crippen molar-refractivity contribution in [3.63, 3.8) is 0 Å². The normalized spacial score (nSPS) is 10.8. The highest BCUT2D eigenvalue weighted by atomic mass is 32.2. The molecule has 0 atom stereocenters. The molecule has 0 fully saturated rings. The van der Waals surface area contributed by atoms with Gasteiger partial charge in [-0.25, -0.2) is 0 Å². The Hall–Kier alpha value is -2.53. The summed E-state index contributed by atoms with van der Waals surface area (Å²) in [7, 11) is 0. The number of hydrogen-bond acceptors (Lipinski definition) is 4. The van der Waals surface area contributed by atoms with E-state index in [1.165, 1.54) is 17.6 Å². The Balaban J connectivity index is 1.98. The van der Waals surface area contributed by atoms with Crippen molar-refractivity contribution in [3.05, 3.63) is 75.3 Å². The van der Waals surface area contributed by atoms with Crippen LogP contribution in [-0.2, 0) is 0 Å². The number of fused-ring (bicyclic) bond motifs is 1. The average Bonchev–Trinajstić information content (AvgIpc) is 2.52. The molecule has 0 saturated carbocycles. The molecule has 4 nitrogen and oxygen atoms in total. The molecule has 0 bridgehead atoms. The molecule has 0 aliphatic heterocycles. The molecular weight excluding hydrogens is 322 g/mol. The molecule has 0 amide bonds. The topological polar surface area (TPSA) is 52.4 Å². The largest absolute Gasteiger partial charge is 0.413 e. The smallest absolute Gasteiger partial charge is 0.313 e. The molecule has 0 saturated heterocycles. The van der Waals surface area contributed by atoms with E-state index in [-0.39, 0.29) is 11.4 Å². The molecule has 3 aromatic carbocycles. The standard InChI is InChI=1S/C19H17NO3S/c1-12-8-13(2)19(14(3)9-12)24-23-18-11-16-7-5-4-6-15(16)10-17(18)20(21)22/h4-11H,1-3H3. The lowest BCUT2D eigenvalue weighted by Gasteiger charge is -2.11. The molecule has 3 rings (SSSR count). The molecule has 122 valence electrons. The number of aryl methyl sites for hydroxylation is 3. The van der Waals surface area contributed by atoms with E-state index in [1.54, 1.807) is 12.1 Å². The second-order valence-electron chi connectivity index (χ2n) is 5.82. The Morgan fingerprint density at radius 3 is 2.12 bits per heavy atom. The van der Waals surface area contributed by atoms with Gasteiger partial charge in [0.25, 0.3) is 0 Å². The van der Waals surface area contributed by atoms with Crippen molar-refractivity contribution >= 4 is 28.5 Å². The van der Waals surface area contributed by atoms with Crippen LogP contribution in [0.4, 0.5) is 5.69 Å². The predicted molar refractivity (Wildman–Crippen MR) is 97.7 cm³/mol. The Morgan fingerprint density at radius 2 is 1.54 bits per heavy atom. The zero-order valence-corrected chi connectivity index (χ0v) is 14.5. The Bertz CT molecular complexity index is 914. The van der Waals surface area contributed by atoms with E-state index < -0.39 is 4.92 Å². The first kappa shape index (κ1) is 16.3. The van der Waals surface area contributed by atoms with Crippen molar-refractivity contribution < 1.29 is 9.11 Å². The van der Waals surface area contributed by atoms with E-state index in [1.807, 2.05) is 45.0 Å². The van der Waals surface area contributed by atoms with Gasteiger partial charge in [-0.2, -0.15) is 0 Å². The molecule has 0 aliphatic rings. The first-order chi connectivity index (χ1) is 11.5. The molecule has 24 heavy (non-hydrogen) atoms. The van der Waals surface area contributed by atoms with Crippen LogP contribution >= 0.6 is 12.0 Å². The molecule has 0 spiro atoms. The van der Waals surface area contributed by atoms with Gasteiger partial charge in [0, 0.05) is 6.07 Å². The third-order valence-electron chi connectivity index (χ3n) is 3.84. The molecular formula is C19H17NO3S. The summed E-state index contributed by atoms with van der Waals surface area (Å²) in [6, 6.07) is 15.0. The molecule has 0 aromatic heterocycles. The molecule has 0 aliphatic carbocycles.